The summed E-state index contributed by atoms with van der Waals surface area (Å²) in [4.78, 5) is 27.1. The molecule has 1 heterocycles. The molecule has 1 aliphatic rings. The van der Waals surface area contributed by atoms with Crippen molar-refractivity contribution in [2.45, 2.75) is 31.3 Å². The van der Waals surface area contributed by atoms with Crippen molar-refractivity contribution in [2.24, 2.45) is 0 Å². The average Bonchev–Trinajstić information content (AvgIpc) is 3.11. The lowest BCUT2D eigenvalue weighted by atomic mass is 10.1. The predicted molar refractivity (Wildman–Crippen MR) is 109 cm³/mol. The summed E-state index contributed by atoms with van der Waals surface area (Å²) >= 11 is 0. The lowest BCUT2D eigenvalue weighted by Crippen LogP contribution is -2.39. The number of sulfonamides is 1. The minimum Gasteiger partial charge on any atom is -0.449 e. The number of esters is 1. The van der Waals surface area contributed by atoms with Gasteiger partial charge in [0.05, 0.1) is 10.5 Å². The van der Waals surface area contributed by atoms with Crippen LogP contribution in [0.4, 0.5) is 5.69 Å². The van der Waals surface area contributed by atoms with E-state index < -0.39 is 22.1 Å². The summed E-state index contributed by atoms with van der Waals surface area (Å²) in [5, 5.41) is 0. The van der Waals surface area contributed by atoms with Crippen molar-refractivity contribution in [1.29, 1.82) is 0 Å². The number of anilines is 1. The van der Waals surface area contributed by atoms with E-state index in [9.17, 15) is 18.0 Å². The molecule has 1 amide bonds. The quantitative estimate of drug-likeness (QED) is 0.699. The normalized spacial score (nSPS) is 14.6. The number of para-hydroxylation sites is 1. The van der Waals surface area contributed by atoms with E-state index in [0.717, 1.165) is 22.0 Å². The number of fused-ring (bicyclic) bond motifs is 1. The molecule has 0 spiro atoms. The number of carbonyl (C=O) groups excluding carboxylic acids is 2. The van der Waals surface area contributed by atoms with E-state index in [1.54, 1.807) is 17.9 Å². The summed E-state index contributed by atoms with van der Waals surface area (Å²) < 4.78 is 31.2. The fourth-order valence-electron chi connectivity index (χ4n) is 3.25. The van der Waals surface area contributed by atoms with Gasteiger partial charge in [-0.05, 0) is 49.6 Å². The van der Waals surface area contributed by atoms with Crippen LogP contribution in [0.1, 0.15) is 28.4 Å². The summed E-state index contributed by atoms with van der Waals surface area (Å²) in [5.41, 5.74) is 2.60. The molecule has 0 aromatic heterocycles. The van der Waals surface area contributed by atoms with Crippen LogP contribution in [0.15, 0.2) is 47.4 Å². The summed E-state index contributed by atoms with van der Waals surface area (Å²) in [6, 6.07) is 11.9. The minimum absolute atomic E-state index is 0.00694. The third-order valence-corrected chi connectivity index (χ3v) is 6.80. The van der Waals surface area contributed by atoms with Crippen LogP contribution in [-0.2, 0) is 26.0 Å². The highest BCUT2D eigenvalue weighted by Crippen LogP contribution is 2.28. The highest BCUT2D eigenvalue weighted by atomic mass is 32.2. The molecule has 29 heavy (non-hydrogen) atoms. The van der Waals surface area contributed by atoms with Crippen molar-refractivity contribution in [1.82, 2.24) is 4.31 Å². The highest BCUT2D eigenvalue weighted by molar-refractivity contribution is 7.89. The monoisotopic (exact) mass is 416 g/mol. The van der Waals surface area contributed by atoms with Gasteiger partial charge in [-0.2, -0.15) is 0 Å². The van der Waals surface area contributed by atoms with Gasteiger partial charge in [0, 0.05) is 26.3 Å². The predicted octanol–water partition coefficient (Wildman–Crippen LogP) is 2.38. The summed E-state index contributed by atoms with van der Waals surface area (Å²) in [6.07, 6.45) is -0.242. The molecule has 0 bridgehead atoms. The smallest absolute Gasteiger partial charge is 0.339 e. The molecule has 0 aliphatic carbocycles. The molecule has 1 aliphatic heterocycles. The van der Waals surface area contributed by atoms with Gasteiger partial charge in [0.1, 0.15) is 0 Å². The van der Waals surface area contributed by atoms with E-state index in [1.807, 2.05) is 24.3 Å². The standard InChI is InChI=1S/C21H24N2O5S/c1-14-9-10-17(29(26,27)22(3)4)13-18(14)21(25)28-15(2)20(24)23-12-11-16-7-5-6-8-19(16)23/h5-10,13,15H,11-12H2,1-4H3/t15-/m0/s1. The third-order valence-electron chi connectivity index (χ3n) is 4.99. The van der Waals surface area contributed by atoms with Gasteiger partial charge in [0.2, 0.25) is 10.0 Å². The van der Waals surface area contributed by atoms with E-state index in [-0.39, 0.29) is 16.4 Å². The second-order valence-electron chi connectivity index (χ2n) is 7.18. The Hall–Kier alpha value is -2.71. The van der Waals surface area contributed by atoms with Crippen molar-refractivity contribution in [3.8, 4) is 0 Å². The number of benzene rings is 2. The molecule has 0 saturated heterocycles. The van der Waals surface area contributed by atoms with Crippen LogP contribution in [0.25, 0.3) is 0 Å². The van der Waals surface area contributed by atoms with Crippen LogP contribution in [-0.4, -0.2) is 51.3 Å². The molecule has 2 aromatic rings. The Bertz CT molecular complexity index is 1060. The largest absolute Gasteiger partial charge is 0.449 e. The number of carbonyl (C=O) groups is 2. The molecule has 3 rings (SSSR count). The van der Waals surface area contributed by atoms with Crippen LogP contribution in [0, 0.1) is 6.92 Å². The lowest BCUT2D eigenvalue weighted by molar-refractivity contribution is -0.126. The van der Waals surface area contributed by atoms with Crippen LogP contribution >= 0.6 is 0 Å². The van der Waals surface area contributed by atoms with Crippen LogP contribution in [0.2, 0.25) is 0 Å². The summed E-state index contributed by atoms with van der Waals surface area (Å²) in [5.74, 6) is -1.04. The maximum absolute atomic E-state index is 12.8. The van der Waals surface area contributed by atoms with Gasteiger partial charge in [0.15, 0.2) is 6.10 Å². The summed E-state index contributed by atoms with van der Waals surface area (Å²) in [6.45, 7) is 3.75. The molecule has 7 nitrogen and oxygen atoms in total. The minimum atomic E-state index is -3.69. The second kappa shape index (κ2) is 7.96. The van der Waals surface area contributed by atoms with Gasteiger partial charge in [-0.1, -0.05) is 24.3 Å². The lowest BCUT2D eigenvalue weighted by Gasteiger charge is -2.22. The number of nitrogens with zero attached hydrogens (tertiary/aromatic N) is 2. The number of hydrogen-bond donors (Lipinski definition) is 0. The molecule has 0 radical (unpaired) electrons. The van der Waals surface area contributed by atoms with Crippen LogP contribution in [0.3, 0.4) is 0 Å². The second-order valence-corrected chi connectivity index (χ2v) is 9.33. The van der Waals surface area contributed by atoms with Gasteiger partial charge >= 0.3 is 5.97 Å². The number of rotatable bonds is 5. The summed E-state index contributed by atoms with van der Waals surface area (Å²) in [7, 11) is -0.854. The van der Waals surface area contributed by atoms with E-state index in [2.05, 4.69) is 0 Å². The van der Waals surface area contributed by atoms with Crippen molar-refractivity contribution in [3.63, 3.8) is 0 Å². The Kier molecular flexibility index (Phi) is 5.77. The Morgan fingerprint density at radius 3 is 2.52 bits per heavy atom. The van der Waals surface area contributed by atoms with Gasteiger partial charge in [0.25, 0.3) is 5.91 Å². The van der Waals surface area contributed by atoms with E-state index in [0.29, 0.717) is 12.1 Å². The van der Waals surface area contributed by atoms with Gasteiger partial charge in [-0.3, -0.25) is 4.79 Å². The van der Waals surface area contributed by atoms with Crippen molar-refractivity contribution in [2.75, 3.05) is 25.5 Å². The molecule has 1 atom stereocenters. The maximum atomic E-state index is 12.8. The van der Waals surface area contributed by atoms with Gasteiger partial charge < -0.3 is 9.64 Å². The third kappa shape index (κ3) is 4.04. The Labute approximate surface area is 170 Å². The van der Waals surface area contributed by atoms with E-state index >= 15 is 0 Å². The van der Waals surface area contributed by atoms with Crippen LogP contribution in [0.5, 0.6) is 0 Å². The Morgan fingerprint density at radius 1 is 1.14 bits per heavy atom. The first-order chi connectivity index (χ1) is 13.6. The van der Waals surface area contributed by atoms with E-state index in [1.165, 1.54) is 33.2 Å². The molecular formula is C21H24N2O5S. The van der Waals surface area contributed by atoms with Crippen molar-refractivity contribution >= 4 is 27.6 Å². The number of hydrogen-bond acceptors (Lipinski definition) is 5. The molecule has 8 heteroatoms. The Morgan fingerprint density at radius 2 is 1.83 bits per heavy atom. The van der Waals surface area contributed by atoms with Crippen molar-refractivity contribution < 1.29 is 22.7 Å². The molecule has 0 N–H and O–H groups in total. The fourth-order valence-corrected chi connectivity index (χ4v) is 4.18. The number of ether oxygens (including phenoxy) is 1. The first-order valence-electron chi connectivity index (χ1n) is 9.26. The zero-order chi connectivity index (χ0) is 21.3. The molecule has 0 unspecified atom stereocenters. The first-order valence-corrected chi connectivity index (χ1v) is 10.7. The maximum Gasteiger partial charge on any atom is 0.339 e. The molecule has 154 valence electrons. The SMILES string of the molecule is Cc1ccc(S(=O)(=O)N(C)C)cc1C(=O)O[C@@H](C)C(=O)N1CCc2ccccc21. The number of aryl methyl sites for hydroxylation is 1. The fraction of sp³-hybridized carbons (Fsp3) is 0.333. The number of amides is 1. The van der Waals surface area contributed by atoms with Crippen LogP contribution < -0.4 is 4.90 Å². The average molecular weight is 416 g/mol. The van der Waals surface area contributed by atoms with E-state index in [4.69, 9.17) is 4.74 Å². The first kappa shape index (κ1) is 21.0. The zero-order valence-electron chi connectivity index (χ0n) is 16.9. The zero-order valence-corrected chi connectivity index (χ0v) is 17.7. The van der Waals surface area contributed by atoms with Gasteiger partial charge in [-0.15, -0.1) is 0 Å². The topological polar surface area (TPSA) is 84.0 Å². The Balaban J connectivity index is 1.79. The molecular weight excluding hydrogens is 392 g/mol. The molecule has 0 saturated carbocycles. The van der Waals surface area contributed by atoms with Gasteiger partial charge in [-0.25, -0.2) is 17.5 Å². The molecule has 2 aromatic carbocycles. The highest BCUT2D eigenvalue weighted by Gasteiger charge is 2.30. The molecule has 0 fully saturated rings. The van der Waals surface area contributed by atoms with Crippen molar-refractivity contribution in [3.05, 3.63) is 59.2 Å².